The van der Waals surface area contributed by atoms with Crippen LogP contribution in [0.5, 0.6) is 11.5 Å². The molecule has 12 heteroatoms. The second-order valence-electron chi connectivity index (χ2n) is 24.4. The highest BCUT2D eigenvalue weighted by atomic mass is 16.6. The van der Waals surface area contributed by atoms with Gasteiger partial charge in [-0.25, -0.2) is 4.79 Å². The molecule has 3 aromatic rings. The van der Waals surface area contributed by atoms with Crippen molar-refractivity contribution in [3.8, 4) is 11.5 Å². The summed E-state index contributed by atoms with van der Waals surface area (Å²) in [6, 6.07) is 25.6. The molecule has 0 radical (unpaired) electrons. The maximum atomic E-state index is 13.9. The first kappa shape index (κ1) is 57.8. The van der Waals surface area contributed by atoms with Crippen LogP contribution in [-0.2, 0) is 34.2 Å². The predicted octanol–water partition coefficient (Wildman–Crippen LogP) is 12.6. The quantitative estimate of drug-likeness (QED) is 0.0388. The summed E-state index contributed by atoms with van der Waals surface area (Å²) in [6.45, 7) is 13.6. The van der Waals surface area contributed by atoms with Gasteiger partial charge in [-0.2, -0.15) is 0 Å². The van der Waals surface area contributed by atoms with Gasteiger partial charge < -0.3 is 39.2 Å². The number of nitrogens with one attached hydrogen (secondary N) is 2. The Morgan fingerprint density at radius 3 is 2.08 bits per heavy atom. The van der Waals surface area contributed by atoms with Crippen LogP contribution in [0.25, 0.3) is 0 Å². The highest BCUT2D eigenvalue weighted by molar-refractivity contribution is 5.81. The van der Waals surface area contributed by atoms with Crippen LogP contribution in [0.15, 0.2) is 90.5 Å². The molecule has 3 saturated carbocycles. The largest absolute Gasteiger partial charge is 0.497 e. The molecule has 6 unspecified atom stereocenters. The number of amides is 3. The monoisotopic (exact) mass is 1060 g/mol. The van der Waals surface area contributed by atoms with Gasteiger partial charge in [-0.3, -0.25) is 14.4 Å². The van der Waals surface area contributed by atoms with E-state index in [1.807, 2.05) is 78.9 Å². The molecule has 0 aromatic heterocycles. The minimum atomic E-state index is -1.11. The lowest BCUT2D eigenvalue weighted by Gasteiger charge is -2.58. The van der Waals surface area contributed by atoms with Gasteiger partial charge in [0.1, 0.15) is 29.3 Å². The summed E-state index contributed by atoms with van der Waals surface area (Å²) in [5.74, 6) is 5.03. The number of ether oxygens (including phenoxy) is 5. The Bertz CT molecular complexity index is 2410. The summed E-state index contributed by atoms with van der Waals surface area (Å²) in [5.41, 5.74) is 3.70. The Morgan fingerprint density at radius 2 is 1.42 bits per heavy atom. The van der Waals surface area contributed by atoms with E-state index < -0.39 is 17.7 Å². The van der Waals surface area contributed by atoms with Gasteiger partial charge in [-0.15, -0.1) is 0 Å². The average molecular weight is 1060 g/mol. The predicted molar refractivity (Wildman–Crippen MR) is 301 cm³/mol. The second kappa shape index (κ2) is 26.1. The third-order valence-corrected chi connectivity index (χ3v) is 19.4. The van der Waals surface area contributed by atoms with Gasteiger partial charge in [-0.05, 0) is 145 Å². The van der Waals surface area contributed by atoms with Crippen molar-refractivity contribution in [2.75, 3.05) is 47.5 Å². The average Bonchev–Trinajstić information content (AvgIpc) is 4.04. The lowest BCUT2D eigenvalue weighted by molar-refractivity contribution is -0.153. The van der Waals surface area contributed by atoms with Crippen LogP contribution in [0.1, 0.15) is 160 Å². The van der Waals surface area contributed by atoms with Gasteiger partial charge in [0.25, 0.3) is 0 Å². The van der Waals surface area contributed by atoms with E-state index in [2.05, 4.69) is 51.3 Å². The number of benzene rings is 3. The van der Waals surface area contributed by atoms with Crippen LogP contribution in [0, 0.1) is 52.3 Å². The van der Waals surface area contributed by atoms with E-state index in [0.29, 0.717) is 42.8 Å². The summed E-state index contributed by atoms with van der Waals surface area (Å²) in [6.07, 6.45) is 17.4. The first-order chi connectivity index (χ1) is 37.1. The number of hydrogen-bond donors (Lipinski definition) is 2. The van der Waals surface area contributed by atoms with E-state index in [4.69, 9.17) is 23.7 Å². The van der Waals surface area contributed by atoms with Gasteiger partial charge >= 0.3 is 12.1 Å². The number of methoxy groups -OCH3 is 2. The van der Waals surface area contributed by atoms with Gasteiger partial charge in [-0.1, -0.05) is 127 Å². The lowest BCUT2D eigenvalue weighted by atomic mass is 9.47. The lowest BCUT2D eigenvalue weighted by Crippen LogP contribution is -2.51. The fourth-order valence-electron chi connectivity index (χ4n) is 15.1. The zero-order valence-electron chi connectivity index (χ0n) is 47.7. The number of likely N-dealkylation sites (tertiary alicyclic amines) is 1. The molecule has 12 nitrogen and oxygen atoms in total. The van der Waals surface area contributed by atoms with Gasteiger partial charge in [0.15, 0.2) is 0 Å². The smallest absolute Gasteiger partial charge is 0.407 e. The molecule has 8 rings (SSSR count). The van der Waals surface area contributed by atoms with E-state index in [1.165, 1.54) is 64.0 Å². The summed E-state index contributed by atoms with van der Waals surface area (Å²) >= 11 is 0. The van der Waals surface area contributed by atoms with Crippen LogP contribution in [0.2, 0.25) is 0 Å². The van der Waals surface area contributed by atoms with Crippen molar-refractivity contribution < 1.29 is 42.9 Å². The number of esters is 1. The molecule has 3 amide bonds. The topological polar surface area (TPSA) is 142 Å². The van der Waals surface area contributed by atoms with Crippen molar-refractivity contribution in [3.05, 3.63) is 107 Å². The fraction of sp³-hybridized carbons (Fsp3) is 0.631. The Kier molecular flexibility index (Phi) is 19.6. The number of carbonyl (C=O) groups is 4. The Labute approximate surface area is 460 Å². The van der Waals surface area contributed by atoms with Crippen LogP contribution in [0.4, 0.5) is 4.79 Å². The molecule has 10 atom stereocenters. The minimum Gasteiger partial charge on any atom is -0.497 e. The number of allylic oxidation sites excluding steroid dienone is 1. The normalized spacial score (nSPS) is 27.1. The number of alkyl carbamates (subject to hydrolysis) is 1. The van der Waals surface area contributed by atoms with Crippen LogP contribution < -0.4 is 20.1 Å². The highest BCUT2D eigenvalue weighted by Crippen LogP contribution is 2.67. The van der Waals surface area contributed by atoms with Crippen LogP contribution in [0.3, 0.4) is 0 Å². The van der Waals surface area contributed by atoms with Crippen LogP contribution >= 0.6 is 0 Å². The van der Waals surface area contributed by atoms with Gasteiger partial charge in [0, 0.05) is 45.3 Å². The SMILES string of the molecule is CNC(=O)CCC(=O)OC1CN(C(=O)CCCCCNC(=O)O[C@H]2CC[C@@]3(C)C(=CCC4C3CC[C@@]3(C)C4CC[C@@H]3C(C)CCCC(C)C)C2)CC1COC(c1ccccc1)(c1ccc(OC)cc1)c1ccc(OC)cc1. The number of hydrogen-bond acceptors (Lipinski definition) is 9. The van der Waals surface area contributed by atoms with E-state index in [1.54, 1.807) is 19.1 Å². The Hall–Kier alpha value is -5.36. The maximum Gasteiger partial charge on any atom is 0.407 e. The van der Waals surface area contributed by atoms with E-state index in [9.17, 15) is 19.2 Å². The zero-order valence-corrected chi connectivity index (χ0v) is 47.7. The molecule has 2 N–H and O–H groups in total. The molecule has 77 heavy (non-hydrogen) atoms. The molecule has 4 fully saturated rings. The van der Waals surface area contributed by atoms with Crippen LogP contribution in [-0.4, -0.2) is 88.5 Å². The molecule has 1 saturated heterocycles. The number of carbonyl (C=O) groups excluding carboxylic acids is 4. The Balaban J connectivity index is 0.831. The third kappa shape index (κ3) is 13.2. The molecule has 3 aromatic carbocycles. The molecule has 5 aliphatic rings. The van der Waals surface area contributed by atoms with E-state index >= 15 is 0 Å². The highest BCUT2D eigenvalue weighted by Gasteiger charge is 2.59. The van der Waals surface area contributed by atoms with E-state index in [-0.39, 0.29) is 61.3 Å². The Morgan fingerprint density at radius 1 is 0.727 bits per heavy atom. The molecular formula is C65H91N3O9. The molecular weight excluding hydrogens is 967 g/mol. The number of unbranched alkanes of at least 4 members (excludes halogenated alkanes) is 2. The number of rotatable bonds is 24. The number of fused-ring (bicyclic) bond motifs is 5. The van der Waals surface area contributed by atoms with Gasteiger partial charge in [0.05, 0.1) is 33.8 Å². The standard InChI is InChI=1S/C65H91N3O9/c1-44(2)16-15-17-45(3)55-31-32-56-54-30-25-50-40-53(35-37-63(50,4)57(54)36-38-64(55,56)5)76-62(72)67-39-14-10-13-20-60(70)68-41-46(58(42-68)77-61(71)34-33-59(69)66-6)43-75-65(47-18-11-9-12-19-47,48-21-26-51(73-7)27-22-48)49-23-28-52(74-8)29-24-49/h9,11-12,18-19,21-29,44-46,53-58H,10,13-17,20,30-43H2,1-8H3,(H,66,69)(H,67,72)/t45?,46?,53-,54?,55+,56?,57?,58?,63-,64+/m0/s1. The molecule has 0 bridgehead atoms. The van der Waals surface area contributed by atoms with Crippen molar-refractivity contribution in [2.24, 2.45) is 52.3 Å². The summed E-state index contributed by atoms with van der Waals surface area (Å²) in [4.78, 5) is 54.2. The summed E-state index contributed by atoms with van der Waals surface area (Å²) in [5, 5.41) is 5.57. The van der Waals surface area contributed by atoms with Crippen molar-refractivity contribution in [3.63, 3.8) is 0 Å². The molecule has 1 heterocycles. The zero-order chi connectivity index (χ0) is 54.7. The molecule has 4 aliphatic carbocycles. The maximum absolute atomic E-state index is 13.9. The third-order valence-electron chi connectivity index (χ3n) is 19.4. The van der Waals surface area contributed by atoms with Crippen molar-refractivity contribution in [2.45, 2.75) is 162 Å². The van der Waals surface area contributed by atoms with Crippen molar-refractivity contribution in [1.29, 1.82) is 0 Å². The number of nitrogens with zero attached hydrogens (tertiary/aromatic N) is 1. The summed E-state index contributed by atoms with van der Waals surface area (Å²) < 4.78 is 30.5. The molecule has 1 aliphatic heterocycles. The molecule has 420 valence electrons. The van der Waals surface area contributed by atoms with Gasteiger partial charge in [0.2, 0.25) is 11.8 Å². The second-order valence-corrected chi connectivity index (χ2v) is 24.4. The fourth-order valence-corrected chi connectivity index (χ4v) is 15.1. The summed E-state index contributed by atoms with van der Waals surface area (Å²) in [7, 11) is 4.80. The first-order valence-electron chi connectivity index (χ1n) is 29.4. The van der Waals surface area contributed by atoms with E-state index in [0.717, 1.165) is 84.3 Å². The molecule has 0 spiro atoms. The minimum absolute atomic E-state index is 0.00247. The van der Waals surface area contributed by atoms with Crippen molar-refractivity contribution >= 4 is 23.9 Å². The van der Waals surface area contributed by atoms with Crippen molar-refractivity contribution in [1.82, 2.24) is 15.5 Å². The first-order valence-corrected chi connectivity index (χ1v) is 29.4.